The van der Waals surface area contributed by atoms with Gasteiger partial charge in [0.1, 0.15) is 11.3 Å². The van der Waals surface area contributed by atoms with Crippen LogP contribution in [-0.4, -0.2) is 36.5 Å². The molecule has 1 saturated heterocycles. The molecule has 0 aliphatic carbocycles. The van der Waals surface area contributed by atoms with Crippen LogP contribution in [0.25, 0.3) is 11.0 Å². The number of piperazine rings is 1. The molecule has 1 atom stereocenters. The van der Waals surface area contributed by atoms with E-state index in [9.17, 15) is 4.79 Å². The first kappa shape index (κ1) is 13.2. The van der Waals surface area contributed by atoms with E-state index >= 15 is 0 Å². The molecule has 106 valence electrons. The molecule has 0 unspecified atom stereocenters. The van der Waals surface area contributed by atoms with Gasteiger partial charge in [0.25, 0.3) is 0 Å². The van der Waals surface area contributed by atoms with Crippen LogP contribution in [0.1, 0.15) is 19.1 Å². The number of carbonyl (C=O) groups is 1. The Morgan fingerprint density at radius 3 is 3.10 bits per heavy atom. The van der Waals surface area contributed by atoms with Crippen LogP contribution in [0.4, 0.5) is 0 Å². The molecule has 4 heteroatoms. The minimum Gasteiger partial charge on any atom is -0.461 e. The fraction of sp³-hybridized carbons (Fsp3) is 0.438. The van der Waals surface area contributed by atoms with Gasteiger partial charge in [-0.3, -0.25) is 4.79 Å². The predicted molar refractivity (Wildman–Crippen MR) is 78.6 cm³/mol. The van der Waals surface area contributed by atoms with Crippen molar-refractivity contribution < 1.29 is 9.21 Å². The highest BCUT2D eigenvalue weighted by molar-refractivity contribution is 5.79. The fourth-order valence-electron chi connectivity index (χ4n) is 2.75. The van der Waals surface area contributed by atoms with Gasteiger partial charge in [0.2, 0.25) is 5.91 Å². The number of nitrogens with zero attached hydrogens (tertiary/aromatic N) is 1. The highest BCUT2D eigenvalue weighted by Gasteiger charge is 2.22. The maximum absolute atomic E-state index is 12.3. The molecule has 1 aliphatic rings. The largest absolute Gasteiger partial charge is 0.461 e. The van der Waals surface area contributed by atoms with Gasteiger partial charge in [-0.05, 0) is 19.1 Å². The lowest BCUT2D eigenvalue weighted by atomic mass is 10.1. The van der Waals surface area contributed by atoms with Crippen molar-refractivity contribution in [2.45, 2.75) is 25.8 Å². The van der Waals surface area contributed by atoms with Crippen molar-refractivity contribution in [1.29, 1.82) is 0 Å². The molecule has 1 fully saturated rings. The topological polar surface area (TPSA) is 45.5 Å². The summed E-state index contributed by atoms with van der Waals surface area (Å²) in [5.74, 6) is 1.11. The third-order valence-electron chi connectivity index (χ3n) is 3.88. The fourth-order valence-corrected chi connectivity index (χ4v) is 2.75. The first-order valence-corrected chi connectivity index (χ1v) is 7.21. The predicted octanol–water partition coefficient (Wildman–Crippen LogP) is 2.19. The van der Waals surface area contributed by atoms with Crippen molar-refractivity contribution in [1.82, 2.24) is 10.2 Å². The quantitative estimate of drug-likeness (QED) is 0.931. The summed E-state index contributed by atoms with van der Waals surface area (Å²) in [6, 6.07) is 10.3. The van der Waals surface area contributed by atoms with Gasteiger partial charge in [0, 0.05) is 43.9 Å². The lowest BCUT2D eigenvalue weighted by molar-refractivity contribution is -0.133. The van der Waals surface area contributed by atoms with Crippen LogP contribution in [0, 0.1) is 0 Å². The molecule has 2 aromatic rings. The zero-order valence-electron chi connectivity index (χ0n) is 11.8. The Hall–Kier alpha value is -1.81. The number of furan rings is 1. The third-order valence-corrected chi connectivity index (χ3v) is 3.88. The summed E-state index contributed by atoms with van der Waals surface area (Å²) in [6.45, 7) is 4.67. The molecule has 1 amide bonds. The van der Waals surface area contributed by atoms with E-state index in [2.05, 4.69) is 12.2 Å². The summed E-state index contributed by atoms with van der Waals surface area (Å²) >= 11 is 0. The number of fused-ring (bicyclic) bond motifs is 1. The third kappa shape index (κ3) is 2.70. The summed E-state index contributed by atoms with van der Waals surface area (Å²) in [7, 11) is 0. The Labute approximate surface area is 118 Å². The standard InChI is InChI=1S/C16H20N2O2/c1-12-11-17-8-9-18(12)16(19)7-6-14-10-13-4-2-3-5-15(13)20-14/h2-5,10,12,17H,6-9,11H2,1H3/t12-/m0/s1. The number of benzene rings is 1. The van der Waals surface area contributed by atoms with Crippen molar-refractivity contribution in [3.8, 4) is 0 Å². The van der Waals surface area contributed by atoms with E-state index in [0.29, 0.717) is 12.8 Å². The Morgan fingerprint density at radius 1 is 1.45 bits per heavy atom. The zero-order chi connectivity index (χ0) is 13.9. The van der Waals surface area contributed by atoms with Gasteiger partial charge in [-0.1, -0.05) is 18.2 Å². The van der Waals surface area contributed by atoms with Gasteiger partial charge in [-0.15, -0.1) is 0 Å². The molecule has 1 aromatic heterocycles. The van der Waals surface area contributed by atoms with Gasteiger partial charge in [-0.2, -0.15) is 0 Å². The second-order valence-electron chi connectivity index (χ2n) is 5.39. The maximum Gasteiger partial charge on any atom is 0.223 e. The second kappa shape index (κ2) is 5.67. The molecule has 1 N–H and O–H groups in total. The Bertz CT molecular complexity index is 572. The van der Waals surface area contributed by atoms with Crippen LogP contribution in [0.5, 0.6) is 0 Å². The average Bonchev–Trinajstić information content (AvgIpc) is 2.88. The molecule has 1 aromatic carbocycles. The van der Waals surface area contributed by atoms with Crippen molar-refractivity contribution in [3.63, 3.8) is 0 Å². The van der Waals surface area contributed by atoms with E-state index in [0.717, 1.165) is 36.4 Å². The van der Waals surface area contributed by atoms with Crippen LogP contribution in [-0.2, 0) is 11.2 Å². The molecule has 0 spiro atoms. The highest BCUT2D eigenvalue weighted by atomic mass is 16.3. The van der Waals surface area contributed by atoms with Gasteiger partial charge in [0.15, 0.2) is 0 Å². The first-order valence-electron chi connectivity index (χ1n) is 7.21. The Kier molecular flexibility index (Phi) is 3.74. The number of amides is 1. The molecule has 0 radical (unpaired) electrons. The summed E-state index contributed by atoms with van der Waals surface area (Å²) in [5.41, 5.74) is 0.894. The van der Waals surface area contributed by atoms with Crippen LogP contribution in [0.3, 0.4) is 0 Å². The molecule has 0 saturated carbocycles. The molecule has 2 heterocycles. The van der Waals surface area contributed by atoms with E-state index in [4.69, 9.17) is 4.42 Å². The van der Waals surface area contributed by atoms with Crippen molar-refractivity contribution in [2.24, 2.45) is 0 Å². The molecule has 4 nitrogen and oxygen atoms in total. The van der Waals surface area contributed by atoms with Crippen LogP contribution < -0.4 is 5.32 Å². The number of hydrogen-bond donors (Lipinski definition) is 1. The number of rotatable bonds is 3. The van der Waals surface area contributed by atoms with Crippen molar-refractivity contribution >= 4 is 16.9 Å². The summed E-state index contributed by atoms with van der Waals surface area (Å²) in [4.78, 5) is 14.2. The number of carbonyl (C=O) groups excluding carboxylic acids is 1. The molecule has 20 heavy (non-hydrogen) atoms. The minimum atomic E-state index is 0.222. The summed E-state index contributed by atoms with van der Waals surface area (Å²) in [6.07, 6.45) is 1.19. The number of para-hydroxylation sites is 1. The molecule has 0 bridgehead atoms. The minimum absolute atomic E-state index is 0.222. The summed E-state index contributed by atoms with van der Waals surface area (Å²) in [5, 5.41) is 4.40. The smallest absolute Gasteiger partial charge is 0.223 e. The average molecular weight is 272 g/mol. The molecule has 1 aliphatic heterocycles. The highest BCUT2D eigenvalue weighted by Crippen LogP contribution is 2.20. The molecule has 3 rings (SSSR count). The van der Waals surface area contributed by atoms with Crippen LogP contribution in [0.2, 0.25) is 0 Å². The van der Waals surface area contributed by atoms with E-state index in [1.165, 1.54) is 0 Å². The number of hydrogen-bond acceptors (Lipinski definition) is 3. The monoisotopic (exact) mass is 272 g/mol. The zero-order valence-corrected chi connectivity index (χ0v) is 11.8. The first-order chi connectivity index (χ1) is 9.74. The lowest BCUT2D eigenvalue weighted by Gasteiger charge is -2.34. The van der Waals surface area contributed by atoms with Gasteiger partial charge in [0.05, 0.1) is 0 Å². The number of nitrogens with one attached hydrogen (secondary N) is 1. The van der Waals surface area contributed by atoms with Gasteiger partial charge < -0.3 is 14.6 Å². The van der Waals surface area contributed by atoms with Crippen LogP contribution >= 0.6 is 0 Å². The van der Waals surface area contributed by atoms with Gasteiger partial charge >= 0.3 is 0 Å². The summed E-state index contributed by atoms with van der Waals surface area (Å²) < 4.78 is 5.75. The number of aryl methyl sites for hydroxylation is 1. The SMILES string of the molecule is C[C@H]1CNCCN1C(=O)CCc1cc2ccccc2o1. The molecular formula is C16H20N2O2. The van der Waals surface area contributed by atoms with Crippen molar-refractivity contribution in [3.05, 3.63) is 36.1 Å². The van der Waals surface area contributed by atoms with E-state index in [1.807, 2.05) is 35.2 Å². The van der Waals surface area contributed by atoms with E-state index < -0.39 is 0 Å². The normalized spacial score (nSPS) is 19.4. The Balaban J connectivity index is 1.62. The van der Waals surface area contributed by atoms with Crippen molar-refractivity contribution in [2.75, 3.05) is 19.6 Å². The van der Waals surface area contributed by atoms with E-state index in [1.54, 1.807) is 0 Å². The lowest BCUT2D eigenvalue weighted by Crippen LogP contribution is -2.52. The maximum atomic E-state index is 12.3. The Morgan fingerprint density at radius 2 is 2.30 bits per heavy atom. The van der Waals surface area contributed by atoms with Gasteiger partial charge in [-0.25, -0.2) is 0 Å². The molecular weight excluding hydrogens is 252 g/mol. The van der Waals surface area contributed by atoms with Crippen LogP contribution in [0.15, 0.2) is 34.7 Å². The second-order valence-corrected chi connectivity index (χ2v) is 5.39. The van der Waals surface area contributed by atoms with E-state index in [-0.39, 0.29) is 11.9 Å².